The zero-order valence-electron chi connectivity index (χ0n) is 11.3. The highest BCUT2D eigenvalue weighted by Gasteiger charge is 2.24. The standard InChI is InChI=1S/C15H21BrN2O/c1-10-8-11(2-7-14(10)16)9-18-13-5-3-12(4-6-13)15(17)19/h2,7-8,12-13,18H,3-6,9H2,1H3,(H2,17,19). The van der Waals surface area contributed by atoms with E-state index in [2.05, 4.69) is 46.4 Å². The molecule has 0 heterocycles. The van der Waals surface area contributed by atoms with E-state index in [-0.39, 0.29) is 11.8 Å². The molecule has 1 fully saturated rings. The molecule has 3 N–H and O–H groups in total. The van der Waals surface area contributed by atoms with Crippen LogP contribution < -0.4 is 11.1 Å². The molecule has 0 unspecified atom stereocenters. The highest BCUT2D eigenvalue weighted by atomic mass is 79.9. The van der Waals surface area contributed by atoms with E-state index in [4.69, 9.17) is 5.73 Å². The lowest BCUT2D eigenvalue weighted by atomic mass is 9.85. The second kappa shape index (κ2) is 6.53. The maximum absolute atomic E-state index is 11.1. The number of aryl methyl sites for hydroxylation is 1. The van der Waals surface area contributed by atoms with Crippen LogP contribution in [-0.4, -0.2) is 11.9 Å². The Labute approximate surface area is 123 Å². The van der Waals surface area contributed by atoms with Crippen molar-refractivity contribution in [2.75, 3.05) is 0 Å². The highest BCUT2D eigenvalue weighted by Crippen LogP contribution is 2.24. The van der Waals surface area contributed by atoms with Gasteiger partial charge in [-0.2, -0.15) is 0 Å². The molecule has 104 valence electrons. The van der Waals surface area contributed by atoms with Crippen LogP contribution in [0.25, 0.3) is 0 Å². The van der Waals surface area contributed by atoms with Crippen molar-refractivity contribution < 1.29 is 4.79 Å². The summed E-state index contributed by atoms with van der Waals surface area (Å²) in [6.45, 7) is 2.99. The molecule has 0 spiro atoms. The molecule has 4 heteroatoms. The predicted molar refractivity (Wildman–Crippen MR) is 80.7 cm³/mol. The molecule has 0 aliphatic heterocycles. The average molecular weight is 325 g/mol. The first-order valence-corrected chi connectivity index (χ1v) is 7.63. The largest absolute Gasteiger partial charge is 0.369 e. The number of primary amides is 1. The number of halogens is 1. The lowest BCUT2D eigenvalue weighted by Crippen LogP contribution is -2.36. The summed E-state index contributed by atoms with van der Waals surface area (Å²) in [5, 5.41) is 3.58. The minimum Gasteiger partial charge on any atom is -0.369 e. The summed E-state index contributed by atoms with van der Waals surface area (Å²) in [4.78, 5) is 11.1. The van der Waals surface area contributed by atoms with Crippen molar-refractivity contribution in [1.29, 1.82) is 0 Å². The Morgan fingerprint density at radius 1 is 1.37 bits per heavy atom. The normalized spacial score (nSPS) is 23.3. The van der Waals surface area contributed by atoms with E-state index in [1.54, 1.807) is 0 Å². The summed E-state index contributed by atoms with van der Waals surface area (Å²) in [5.74, 6) is -0.0463. The van der Waals surface area contributed by atoms with Gasteiger partial charge in [-0.25, -0.2) is 0 Å². The van der Waals surface area contributed by atoms with Crippen LogP contribution in [0.5, 0.6) is 0 Å². The van der Waals surface area contributed by atoms with E-state index in [1.165, 1.54) is 11.1 Å². The highest BCUT2D eigenvalue weighted by molar-refractivity contribution is 9.10. The number of hydrogen-bond donors (Lipinski definition) is 2. The van der Waals surface area contributed by atoms with E-state index in [0.29, 0.717) is 6.04 Å². The van der Waals surface area contributed by atoms with Gasteiger partial charge >= 0.3 is 0 Å². The molecule has 1 aliphatic rings. The van der Waals surface area contributed by atoms with E-state index >= 15 is 0 Å². The molecule has 19 heavy (non-hydrogen) atoms. The Morgan fingerprint density at radius 3 is 2.63 bits per heavy atom. The Kier molecular flexibility index (Phi) is 4.99. The average Bonchev–Trinajstić information content (AvgIpc) is 2.40. The fourth-order valence-corrected chi connectivity index (χ4v) is 2.91. The zero-order chi connectivity index (χ0) is 13.8. The number of benzene rings is 1. The molecule has 1 aromatic rings. The fourth-order valence-electron chi connectivity index (χ4n) is 2.66. The first-order chi connectivity index (χ1) is 9.06. The summed E-state index contributed by atoms with van der Waals surface area (Å²) >= 11 is 3.51. The van der Waals surface area contributed by atoms with Crippen molar-refractivity contribution in [3.05, 3.63) is 33.8 Å². The number of nitrogens with two attached hydrogens (primary N) is 1. The van der Waals surface area contributed by atoms with Gasteiger partial charge in [0, 0.05) is 23.0 Å². The van der Waals surface area contributed by atoms with Crippen molar-refractivity contribution in [3.63, 3.8) is 0 Å². The zero-order valence-corrected chi connectivity index (χ0v) is 12.9. The molecule has 1 amide bonds. The van der Waals surface area contributed by atoms with Gasteiger partial charge in [0.05, 0.1) is 0 Å². The van der Waals surface area contributed by atoms with Crippen molar-refractivity contribution in [2.24, 2.45) is 11.7 Å². The van der Waals surface area contributed by atoms with Crippen LogP contribution in [0, 0.1) is 12.8 Å². The van der Waals surface area contributed by atoms with Crippen LogP contribution >= 0.6 is 15.9 Å². The summed E-state index contributed by atoms with van der Waals surface area (Å²) in [7, 11) is 0. The van der Waals surface area contributed by atoms with Crippen molar-refractivity contribution in [3.8, 4) is 0 Å². The molecule has 3 nitrogen and oxygen atoms in total. The third-order valence-corrected chi connectivity index (χ3v) is 4.84. The van der Waals surface area contributed by atoms with Crippen LogP contribution in [0.1, 0.15) is 36.8 Å². The van der Waals surface area contributed by atoms with Crippen molar-refractivity contribution >= 4 is 21.8 Å². The molecule has 0 saturated heterocycles. The van der Waals surface area contributed by atoms with E-state index in [1.807, 2.05) is 0 Å². The number of amides is 1. The van der Waals surface area contributed by atoms with Gasteiger partial charge in [0.2, 0.25) is 5.91 Å². The first-order valence-electron chi connectivity index (χ1n) is 6.84. The van der Waals surface area contributed by atoms with Crippen LogP contribution in [0.3, 0.4) is 0 Å². The van der Waals surface area contributed by atoms with Gasteiger partial charge in [0.1, 0.15) is 0 Å². The second-order valence-corrected chi connectivity index (χ2v) is 6.27. The van der Waals surface area contributed by atoms with E-state index in [9.17, 15) is 4.79 Å². The third-order valence-electron chi connectivity index (χ3n) is 3.95. The number of rotatable bonds is 4. The maximum atomic E-state index is 11.1. The molecule has 0 bridgehead atoms. The minimum atomic E-state index is -0.137. The lowest BCUT2D eigenvalue weighted by molar-refractivity contribution is -0.122. The molecule has 2 rings (SSSR count). The lowest BCUT2D eigenvalue weighted by Gasteiger charge is -2.27. The SMILES string of the molecule is Cc1cc(CNC2CCC(C(N)=O)CC2)ccc1Br. The monoisotopic (exact) mass is 324 g/mol. The minimum absolute atomic E-state index is 0.0907. The van der Waals surface area contributed by atoms with Crippen LogP contribution in [0.4, 0.5) is 0 Å². The van der Waals surface area contributed by atoms with Crippen LogP contribution in [0.15, 0.2) is 22.7 Å². The van der Waals surface area contributed by atoms with Crippen molar-refractivity contribution in [1.82, 2.24) is 5.32 Å². The Bertz CT molecular complexity index is 453. The maximum Gasteiger partial charge on any atom is 0.220 e. The Balaban J connectivity index is 1.80. The van der Waals surface area contributed by atoms with Gasteiger partial charge in [-0.1, -0.05) is 28.1 Å². The van der Waals surface area contributed by atoms with Crippen LogP contribution in [-0.2, 0) is 11.3 Å². The number of nitrogens with one attached hydrogen (secondary N) is 1. The second-order valence-electron chi connectivity index (χ2n) is 5.42. The van der Waals surface area contributed by atoms with Crippen LogP contribution in [0.2, 0.25) is 0 Å². The molecule has 0 aromatic heterocycles. The molecule has 1 saturated carbocycles. The molecule has 0 radical (unpaired) electrons. The van der Waals surface area contributed by atoms with Crippen molar-refractivity contribution in [2.45, 2.75) is 45.2 Å². The summed E-state index contributed by atoms with van der Waals surface area (Å²) in [6, 6.07) is 6.95. The topological polar surface area (TPSA) is 55.1 Å². The van der Waals surface area contributed by atoms with Gasteiger partial charge in [-0.3, -0.25) is 4.79 Å². The molecular weight excluding hydrogens is 304 g/mol. The quantitative estimate of drug-likeness (QED) is 0.894. The van der Waals surface area contributed by atoms with Gasteiger partial charge in [-0.05, 0) is 49.8 Å². The molecule has 1 aromatic carbocycles. The summed E-state index contributed by atoms with van der Waals surface area (Å²) < 4.78 is 1.15. The summed E-state index contributed by atoms with van der Waals surface area (Å²) in [6.07, 6.45) is 3.94. The van der Waals surface area contributed by atoms with Gasteiger partial charge < -0.3 is 11.1 Å². The van der Waals surface area contributed by atoms with Gasteiger partial charge in [0.25, 0.3) is 0 Å². The fraction of sp³-hybridized carbons (Fsp3) is 0.533. The number of carbonyl (C=O) groups excluding carboxylic acids is 1. The molecule has 1 aliphatic carbocycles. The molecular formula is C15H21BrN2O. The van der Waals surface area contributed by atoms with E-state index < -0.39 is 0 Å². The smallest absolute Gasteiger partial charge is 0.220 e. The number of hydrogen-bond acceptors (Lipinski definition) is 2. The Morgan fingerprint density at radius 2 is 2.05 bits per heavy atom. The van der Waals surface area contributed by atoms with Gasteiger partial charge in [-0.15, -0.1) is 0 Å². The predicted octanol–water partition coefficient (Wildman–Crippen LogP) is 2.89. The van der Waals surface area contributed by atoms with E-state index in [0.717, 1.165) is 36.7 Å². The Hall–Kier alpha value is -0.870. The third kappa shape index (κ3) is 4.05. The van der Waals surface area contributed by atoms with Gasteiger partial charge in [0.15, 0.2) is 0 Å². The molecule has 0 atom stereocenters. The first kappa shape index (κ1) is 14.5. The summed E-state index contributed by atoms with van der Waals surface area (Å²) in [5.41, 5.74) is 7.91. The number of carbonyl (C=O) groups is 1.